The lowest BCUT2D eigenvalue weighted by molar-refractivity contribution is 0.132. The van der Waals surface area contributed by atoms with Crippen LogP contribution in [0, 0.1) is 0 Å². The van der Waals surface area contributed by atoms with Crippen molar-refractivity contribution < 1.29 is 4.74 Å². The van der Waals surface area contributed by atoms with Gasteiger partial charge in [0.2, 0.25) is 0 Å². The molecule has 1 N–H and O–H groups in total. The maximum atomic E-state index is 5.34. The Morgan fingerprint density at radius 2 is 2.25 bits per heavy atom. The van der Waals surface area contributed by atoms with Crippen molar-refractivity contribution in [1.82, 2.24) is 10.2 Å². The summed E-state index contributed by atoms with van der Waals surface area (Å²) in [6, 6.07) is 6.94. The van der Waals surface area contributed by atoms with Crippen LogP contribution < -0.4 is 10.1 Å². The van der Waals surface area contributed by atoms with Crippen LogP contribution in [0.3, 0.4) is 0 Å². The molecule has 4 heteroatoms. The average Bonchev–Trinajstić information content (AvgIpc) is 2.48. The number of ether oxygens (including phenoxy) is 1. The Labute approximate surface area is 130 Å². The molecule has 1 aliphatic heterocycles. The predicted octanol–water partition coefficient (Wildman–Crippen LogP) is 3.42. The first kappa shape index (κ1) is 15.8. The number of piperidine rings is 1. The van der Waals surface area contributed by atoms with Crippen molar-refractivity contribution in [2.24, 2.45) is 0 Å². The second-order valence-corrected chi connectivity index (χ2v) is 6.32. The summed E-state index contributed by atoms with van der Waals surface area (Å²) in [5, 5.41) is 3.27. The van der Waals surface area contributed by atoms with Crippen molar-refractivity contribution in [3.63, 3.8) is 0 Å². The van der Waals surface area contributed by atoms with Gasteiger partial charge in [0.05, 0.1) is 7.11 Å². The molecule has 0 saturated carbocycles. The van der Waals surface area contributed by atoms with Gasteiger partial charge in [-0.05, 0) is 63.2 Å². The van der Waals surface area contributed by atoms with E-state index in [0.717, 1.165) is 18.8 Å². The number of halogens is 1. The lowest BCUT2D eigenvalue weighted by atomic mass is 9.98. The number of nitrogens with zero attached hydrogens (tertiary/aromatic N) is 1. The van der Waals surface area contributed by atoms with E-state index in [1.54, 1.807) is 7.11 Å². The first-order valence-corrected chi connectivity index (χ1v) is 8.25. The molecule has 1 saturated heterocycles. The van der Waals surface area contributed by atoms with Crippen LogP contribution in [0.2, 0.25) is 0 Å². The number of methoxy groups -OCH3 is 1. The Morgan fingerprint density at radius 1 is 1.40 bits per heavy atom. The molecule has 0 amide bonds. The van der Waals surface area contributed by atoms with Crippen LogP contribution in [0.1, 0.15) is 31.2 Å². The van der Waals surface area contributed by atoms with Crippen LogP contribution in [0.5, 0.6) is 5.75 Å². The zero-order valence-electron chi connectivity index (χ0n) is 12.5. The molecule has 1 heterocycles. The molecule has 112 valence electrons. The summed E-state index contributed by atoms with van der Waals surface area (Å²) in [6.07, 6.45) is 5.24. The SMILES string of the molecule is CNCCC1CCCCN1Cc1cc(OC)ccc1Br. The lowest BCUT2D eigenvalue weighted by Gasteiger charge is -2.36. The summed E-state index contributed by atoms with van der Waals surface area (Å²) in [5.74, 6) is 0.937. The van der Waals surface area contributed by atoms with E-state index >= 15 is 0 Å². The van der Waals surface area contributed by atoms with Crippen molar-refractivity contribution in [2.75, 3.05) is 27.2 Å². The standard InChI is InChI=1S/C16H25BrN2O/c1-18-9-8-14-5-3-4-10-19(14)12-13-11-15(20-2)6-7-16(13)17/h6-7,11,14,18H,3-5,8-10,12H2,1-2H3. The van der Waals surface area contributed by atoms with E-state index < -0.39 is 0 Å². The summed E-state index contributed by atoms with van der Waals surface area (Å²) in [6.45, 7) is 3.31. The van der Waals surface area contributed by atoms with Crippen molar-refractivity contribution in [2.45, 2.75) is 38.3 Å². The first-order chi connectivity index (χ1) is 9.74. The molecule has 0 aliphatic carbocycles. The van der Waals surface area contributed by atoms with E-state index in [0.29, 0.717) is 6.04 Å². The maximum Gasteiger partial charge on any atom is 0.119 e. The fourth-order valence-corrected chi connectivity index (χ4v) is 3.30. The third-order valence-electron chi connectivity index (χ3n) is 4.10. The normalized spacial score (nSPS) is 20.1. The average molecular weight is 341 g/mol. The number of likely N-dealkylation sites (tertiary alicyclic amines) is 1. The topological polar surface area (TPSA) is 24.5 Å². The van der Waals surface area contributed by atoms with Gasteiger partial charge in [0.25, 0.3) is 0 Å². The molecule has 1 aliphatic rings. The number of hydrogen-bond donors (Lipinski definition) is 1. The molecule has 0 spiro atoms. The second kappa shape index (κ2) is 8.01. The molecule has 1 aromatic carbocycles. The van der Waals surface area contributed by atoms with Crippen LogP contribution in [0.25, 0.3) is 0 Å². The molecule has 0 bridgehead atoms. The predicted molar refractivity (Wildman–Crippen MR) is 87.3 cm³/mol. The van der Waals surface area contributed by atoms with Gasteiger partial charge in [0.1, 0.15) is 5.75 Å². The highest BCUT2D eigenvalue weighted by atomic mass is 79.9. The number of hydrogen-bond acceptors (Lipinski definition) is 3. The quantitative estimate of drug-likeness (QED) is 0.858. The molecule has 0 radical (unpaired) electrons. The van der Waals surface area contributed by atoms with E-state index in [9.17, 15) is 0 Å². The minimum atomic E-state index is 0.703. The van der Waals surface area contributed by atoms with Crippen molar-refractivity contribution in [3.05, 3.63) is 28.2 Å². The van der Waals surface area contributed by atoms with E-state index in [1.807, 2.05) is 13.1 Å². The largest absolute Gasteiger partial charge is 0.497 e. The van der Waals surface area contributed by atoms with Gasteiger partial charge in [-0.2, -0.15) is 0 Å². The lowest BCUT2D eigenvalue weighted by Crippen LogP contribution is -2.40. The Hall–Kier alpha value is -0.580. The fourth-order valence-electron chi connectivity index (χ4n) is 2.92. The zero-order valence-corrected chi connectivity index (χ0v) is 14.1. The molecule has 0 aromatic heterocycles. The van der Waals surface area contributed by atoms with Crippen molar-refractivity contribution >= 4 is 15.9 Å². The van der Waals surface area contributed by atoms with Gasteiger partial charge < -0.3 is 10.1 Å². The molecular weight excluding hydrogens is 316 g/mol. The van der Waals surface area contributed by atoms with Gasteiger partial charge in [-0.25, -0.2) is 0 Å². The highest BCUT2D eigenvalue weighted by Gasteiger charge is 2.22. The highest BCUT2D eigenvalue weighted by molar-refractivity contribution is 9.10. The third-order valence-corrected chi connectivity index (χ3v) is 4.88. The highest BCUT2D eigenvalue weighted by Crippen LogP contribution is 2.27. The van der Waals surface area contributed by atoms with E-state index in [1.165, 1.54) is 42.3 Å². The Morgan fingerprint density at radius 3 is 3.00 bits per heavy atom. The second-order valence-electron chi connectivity index (χ2n) is 5.47. The van der Waals surface area contributed by atoms with Crippen LogP contribution >= 0.6 is 15.9 Å². The number of rotatable bonds is 6. The third kappa shape index (κ3) is 4.21. The summed E-state index contributed by atoms with van der Waals surface area (Å²) in [7, 11) is 3.76. The summed E-state index contributed by atoms with van der Waals surface area (Å²) >= 11 is 3.66. The molecule has 20 heavy (non-hydrogen) atoms. The molecule has 1 unspecified atom stereocenters. The Kier molecular flexibility index (Phi) is 6.33. The monoisotopic (exact) mass is 340 g/mol. The number of benzene rings is 1. The molecule has 3 nitrogen and oxygen atoms in total. The van der Waals surface area contributed by atoms with Crippen LogP contribution in [-0.4, -0.2) is 38.2 Å². The van der Waals surface area contributed by atoms with Crippen LogP contribution in [-0.2, 0) is 6.54 Å². The Bertz CT molecular complexity index is 425. The summed E-state index contributed by atoms with van der Waals surface area (Å²) in [4.78, 5) is 2.63. The van der Waals surface area contributed by atoms with Gasteiger partial charge in [0, 0.05) is 17.1 Å². The van der Waals surface area contributed by atoms with E-state index in [2.05, 4.69) is 38.3 Å². The minimum absolute atomic E-state index is 0.703. The van der Waals surface area contributed by atoms with Gasteiger partial charge in [0.15, 0.2) is 0 Å². The summed E-state index contributed by atoms with van der Waals surface area (Å²) in [5.41, 5.74) is 1.32. The van der Waals surface area contributed by atoms with Gasteiger partial charge >= 0.3 is 0 Å². The van der Waals surface area contributed by atoms with Crippen LogP contribution in [0.4, 0.5) is 0 Å². The minimum Gasteiger partial charge on any atom is -0.497 e. The van der Waals surface area contributed by atoms with E-state index in [4.69, 9.17) is 4.74 Å². The van der Waals surface area contributed by atoms with Gasteiger partial charge in [-0.1, -0.05) is 22.4 Å². The maximum absolute atomic E-state index is 5.34. The van der Waals surface area contributed by atoms with Gasteiger partial charge in [-0.15, -0.1) is 0 Å². The molecule has 1 aromatic rings. The summed E-state index contributed by atoms with van der Waals surface area (Å²) < 4.78 is 6.52. The number of nitrogens with one attached hydrogen (secondary N) is 1. The van der Waals surface area contributed by atoms with Crippen LogP contribution in [0.15, 0.2) is 22.7 Å². The van der Waals surface area contributed by atoms with Gasteiger partial charge in [-0.3, -0.25) is 4.90 Å². The molecule has 1 atom stereocenters. The zero-order chi connectivity index (χ0) is 14.4. The molecular formula is C16H25BrN2O. The van der Waals surface area contributed by atoms with Crippen molar-refractivity contribution in [1.29, 1.82) is 0 Å². The first-order valence-electron chi connectivity index (χ1n) is 7.45. The fraction of sp³-hybridized carbons (Fsp3) is 0.625. The molecule has 2 rings (SSSR count). The smallest absolute Gasteiger partial charge is 0.119 e. The van der Waals surface area contributed by atoms with Crippen molar-refractivity contribution in [3.8, 4) is 5.75 Å². The molecule has 1 fully saturated rings. The Balaban J connectivity index is 2.05. The van der Waals surface area contributed by atoms with E-state index in [-0.39, 0.29) is 0 Å².